The average molecular weight is 446 g/mol. The van der Waals surface area contributed by atoms with Gasteiger partial charge in [0.15, 0.2) is 5.78 Å². The number of carbonyl (C=O) groups excluding carboxylic acids is 1. The third-order valence-electron chi connectivity index (χ3n) is 5.83. The van der Waals surface area contributed by atoms with Crippen molar-refractivity contribution in [3.8, 4) is 0 Å². The van der Waals surface area contributed by atoms with Crippen molar-refractivity contribution in [2.45, 2.75) is 25.2 Å². The van der Waals surface area contributed by atoms with E-state index in [9.17, 15) is 4.79 Å². The Labute approximate surface area is 184 Å². The smallest absolute Gasteiger partial charge is 0.229 e. The van der Waals surface area contributed by atoms with E-state index >= 15 is 0 Å². The number of ether oxygens (including phenoxy) is 1. The van der Waals surface area contributed by atoms with Crippen LogP contribution in [0.3, 0.4) is 0 Å². The quantitative estimate of drug-likeness (QED) is 0.726. The van der Waals surface area contributed by atoms with Crippen LogP contribution in [0.15, 0.2) is 29.5 Å². The molecule has 1 fully saturated rings. The Hall–Kier alpha value is -2.35. The molecular weight excluding hydrogens is 425 g/mol. The van der Waals surface area contributed by atoms with Gasteiger partial charge in [0.2, 0.25) is 5.95 Å². The van der Waals surface area contributed by atoms with E-state index in [0.717, 1.165) is 24.1 Å². The largest absolute Gasteiger partial charge is 0.383 e. The molecule has 0 saturated carbocycles. The lowest BCUT2D eigenvalue weighted by Crippen LogP contribution is -2.38. The normalized spacial score (nSPS) is 21.2. The van der Waals surface area contributed by atoms with Crippen LogP contribution in [0.1, 0.15) is 36.3 Å². The summed E-state index contributed by atoms with van der Waals surface area (Å²) in [6.45, 7) is 2.66. The lowest BCUT2D eigenvalue weighted by Gasteiger charge is -2.35. The number of anilines is 3. The van der Waals surface area contributed by atoms with Gasteiger partial charge in [0.1, 0.15) is 11.6 Å². The van der Waals surface area contributed by atoms with Gasteiger partial charge < -0.3 is 20.7 Å². The molecule has 3 N–H and O–H groups in total. The Kier molecular flexibility index (Phi) is 5.05. The number of nitrogens with zero attached hydrogens (tertiary/aromatic N) is 3. The number of hydrogen-bond donors (Lipinski definition) is 2. The predicted octanol–water partition coefficient (Wildman–Crippen LogP) is 3.77. The maximum atomic E-state index is 13.0. The van der Waals surface area contributed by atoms with Crippen molar-refractivity contribution < 1.29 is 9.53 Å². The maximum Gasteiger partial charge on any atom is 0.229 e. The summed E-state index contributed by atoms with van der Waals surface area (Å²) in [6.07, 6.45) is 2.08. The lowest BCUT2D eigenvalue weighted by molar-refractivity contribution is -0.116. The fourth-order valence-corrected chi connectivity index (χ4v) is 4.94. The van der Waals surface area contributed by atoms with Gasteiger partial charge in [-0.2, -0.15) is 9.97 Å². The highest BCUT2D eigenvalue weighted by atomic mass is 35.5. The first-order valence-corrected chi connectivity index (χ1v) is 10.8. The molecule has 0 radical (unpaired) electrons. The molecule has 3 aliphatic rings. The first-order valence-electron chi connectivity index (χ1n) is 10.0. The predicted molar refractivity (Wildman–Crippen MR) is 117 cm³/mol. The molecule has 2 aromatic rings. The summed E-state index contributed by atoms with van der Waals surface area (Å²) in [6, 6.07) is 5.32. The van der Waals surface area contributed by atoms with Crippen LogP contribution in [-0.2, 0) is 9.53 Å². The van der Waals surface area contributed by atoms with Crippen LogP contribution in [0.5, 0.6) is 0 Å². The van der Waals surface area contributed by atoms with Gasteiger partial charge in [0, 0.05) is 52.3 Å². The van der Waals surface area contributed by atoms with E-state index < -0.39 is 5.92 Å². The van der Waals surface area contributed by atoms with Crippen molar-refractivity contribution in [3.63, 3.8) is 0 Å². The van der Waals surface area contributed by atoms with E-state index in [2.05, 4.69) is 15.2 Å². The summed E-state index contributed by atoms with van der Waals surface area (Å²) in [4.78, 5) is 24.4. The number of rotatable bonds is 2. The first kappa shape index (κ1) is 19.6. The molecule has 3 heterocycles. The Morgan fingerprint density at radius 1 is 1.17 bits per heavy atom. The summed E-state index contributed by atoms with van der Waals surface area (Å²) in [5.74, 6) is 1.22. The molecule has 0 amide bonds. The second-order valence-corrected chi connectivity index (χ2v) is 8.51. The standard InChI is InChI=1S/C21H21Cl2N5O2/c22-11-4-5-12(13(23)10-11)16-17-14(2-1-3-15(17)29)25-20-18(16)19(24)26-21(27-20)28-6-8-30-9-7-28/h4-5,10,16H,1-3,6-9H2,(H3,24,25,26,27)/t16-/m1/s1. The van der Waals surface area contributed by atoms with E-state index in [4.69, 9.17) is 38.7 Å². The highest BCUT2D eigenvalue weighted by Gasteiger charge is 2.39. The number of carbonyl (C=O) groups is 1. The molecule has 0 spiro atoms. The Balaban J connectivity index is 1.68. The molecule has 0 unspecified atom stereocenters. The molecule has 1 aromatic heterocycles. The fourth-order valence-electron chi connectivity index (χ4n) is 4.42. The lowest BCUT2D eigenvalue weighted by atomic mass is 9.76. The maximum absolute atomic E-state index is 13.0. The molecule has 1 saturated heterocycles. The average Bonchev–Trinajstić information content (AvgIpc) is 2.73. The van der Waals surface area contributed by atoms with Crippen LogP contribution < -0.4 is 16.0 Å². The number of aromatic nitrogens is 2. The molecular formula is C21H21Cl2N5O2. The summed E-state index contributed by atoms with van der Waals surface area (Å²) >= 11 is 12.7. The van der Waals surface area contributed by atoms with Crippen LogP contribution in [0.2, 0.25) is 10.0 Å². The van der Waals surface area contributed by atoms with Crippen LogP contribution in [0.4, 0.5) is 17.6 Å². The number of halogens is 2. The zero-order valence-electron chi connectivity index (χ0n) is 16.3. The summed E-state index contributed by atoms with van der Waals surface area (Å²) in [5, 5.41) is 4.41. The van der Waals surface area contributed by atoms with E-state index in [1.807, 2.05) is 6.07 Å². The molecule has 1 aromatic carbocycles. The van der Waals surface area contributed by atoms with Gasteiger partial charge in [-0.05, 0) is 30.5 Å². The minimum Gasteiger partial charge on any atom is -0.383 e. The number of nitrogen functional groups attached to an aromatic ring is 1. The molecule has 1 aliphatic carbocycles. The Morgan fingerprint density at radius 2 is 1.97 bits per heavy atom. The van der Waals surface area contributed by atoms with Crippen LogP contribution in [-0.4, -0.2) is 42.1 Å². The topological polar surface area (TPSA) is 93.4 Å². The van der Waals surface area contributed by atoms with Crippen molar-refractivity contribution >= 4 is 46.6 Å². The zero-order valence-corrected chi connectivity index (χ0v) is 17.8. The molecule has 30 heavy (non-hydrogen) atoms. The number of nitrogens with one attached hydrogen (secondary N) is 1. The highest BCUT2D eigenvalue weighted by Crippen LogP contribution is 2.48. The fraction of sp³-hybridized carbons (Fsp3) is 0.381. The minimum atomic E-state index is -0.424. The van der Waals surface area contributed by atoms with Gasteiger partial charge in [0.05, 0.1) is 13.2 Å². The third kappa shape index (κ3) is 3.31. The van der Waals surface area contributed by atoms with Gasteiger partial charge >= 0.3 is 0 Å². The Bertz CT molecular complexity index is 1070. The van der Waals surface area contributed by atoms with E-state index in [-0.39, 0.29) is 5.78 Å². The molecule has 1 atom stereocenters. The van der Waals surface area contributed by atoms with Gasteiger partial charge in [-0.15, -0.1) is 0 Å². The number of morpholine rings is 1. The van der Waals surface area contributed by atoms with E-state index in [1.165, 1.54) is 0 Å². The minimum absolute atomic E-state index is 0.0991. The van der Waals surface area contributed by atoms with Crippen LogP contribution in [0.25, 0.3) is 0 Å². The molecule has 9 heteroatoms. The van der Waals surface area contributed by atoms with Crippen molar-refractivity contribution in [2.24, 2.45) is 0 Å². The van der Waals surface area contributed by atoms with Gasteiger partial charge in [-0.25, -0.2) is 0 Å². The number of Topliss-reactive ketones (excluding diaryl/α,β-unsaturated/α-hetero) is 1. The van der Waals surface area contributed by atoms with Crippen LogP contribution >= 0.6 is 23.2 Å². The number of hydrogen-bond acceptors (Lipinski definition) is 7. The molecule has 5 rings (SSSR count). The summed E-state index contributed by atoms with van der Waals surface area (Å²) in [5.41, 5.74) is 9.53. The third-order valence-corrected chi connectivity index (χ3v) is 6.40. The van der Waals surface area contributed by atoms with Crippen molar-refractivity contribution in [3.05, 3.63) is 50.6 Å². The SMILES string of the molecule is Nc1nc(N2CCOCC2)nc2c1[C@H](c1ccc(Cl)cc1Cl)C1=C(CCCC1=O)N2. The monoisotopic (exact) mass is 445 g/mol. The number of benzene rings is 1. The second-order valence-electron chi connectivity index (χ2n) is 7.66. The number of ketones is 1. The van der Waals surface area contributed by atoms with Crippen molar-refractivity contribution in [2.75, 3.05) is 42.3 Å². The summed E-state index contributed by atoms with van der Waals surface area (Å²) < 4.78 is 5.43. The number of fused-ring (bicyclic) bond motifs is 1. The van der Waals surface area contributed by atoms with Gasteiger partial charge in [-0.1, -0.05) is 29.3 Å². The van der Waals surface area contributed by atoms with Gasteiger partial charge in [0.25, 0.3) is 0 Å². The van der Waals surface area contributed by atoms with E-state index in [0.29, 0.717) is 71.5 Å². The van der Waals surface area contributed by atoms with Gasteiger partial charge in [-0.3, -0.25) is 4.79 Å². The highest BCUT2D eigenvalue weighted by molar-refractivity contribution is 6.35. The second kappa shape index (κ2) is 7.72. The Morgan fingerprint density at radius 3 is 2.73 bits per heavy atom. The molecule has 7 nitrogen and oxygen atoms in total. The van der Waals surface area contributed by atoms with Crippen molar-refractivity contribution in [1.29, 1.82) is 0 Å². The number of nitrogens with two attached hydrogens (primary N) is 1. The molecule has 0 bridgehead atoms. The summed E-state index contributed by atoms with van der Waals surface area (Å²) in [7, 11) is 0. The van der Waals surface area contributed by atoms with Crippen molar-refractivity contribution in [1.82, 2.24) is 9.97 Å². The molecule has 156 valence electrons. The molecule has 2 aliphatic heterocycles. The van der Waals surface area contributed by atoms with E-state index in [1.54, 1.807) is 12.1 Å². The number of allylic oxidation sites excluding steroid dienone is 2. The first-order chi connectivity index (χ1) is 14.5. The zero-order chi connectivity index (χ0) is 20.8. The van der Waals surface area contributed by atoms with Crippen LogP contribution in [0, 0.1) is 0 Å².